The topological polar surface area (TPSA) is 43.9 Å². The molecule has 2 amide bonds. The van der Waals surface area contributed by atoms with Gasteiger partial charge in [0.25, 0.3) is 5.91 Å². The maximum absolute atomic E-state index is 13.2. The van der Waals surface area contributed by atoms with E-state index in [4.69, 9.17) is 11.6 Å². The summed E-state index contributed by atoms with van der Waals surface area (Å²) in [4.78, 5) is 31.5. The fourth-order valence-corrected chi connectivity index (χ4v) is 6.12. The van der Waals surface area contributed by atoms with Crippen LogP contribution in [0.5, 0.6) is 0 Å². The lowest BCUT2D eigenvalue weighted by atomic mass is 9.82. The van der Waals surface area contributed by atoms with Crippen molar-refractivity contribution in [1.82, 2.24) is 9.80 Å². The molecule has 2 aromatic rings. The van der Waals surface area contributed by atoms with Gasteiger partial charge in [0.2, 0.25) is 5.91 Å². The number of halogens is 1. The minimum absolute atomic E-state index is 0.0179. The third-order valence-corrected chi connectivity index (χ3v) is 8.38. The summed E-state index contributed by atoms with van der Waals surface area (Å²) in [7, 11) is 3.48. The second-order valence-electron chi connectivity index (χ2n) is 10.7. The Kier molecular flexibility index (Phi) is 8.95. The van der Waals surface area contributed by atoms with Crippen molar-refractivity contribution in [3.05, 3.63) is 64.7 Å². The van der Waals surface area contributed by atoms with Gasteiger partial charge < -0.3 is 14.7 Å². The Labute approximate surface area is 221 Å². The van der Waals surface area contributed by atoms with E-state index in [1.54, 1.807) is 19.0 Å². The molecule has 4 rings (SSSR count). The van der Waals surface area contributed by atoms with Gasteiger partial charge in [-0.3, -0.25) is 9.59 Å². The standard InChI is InChI=1S/C30H40ClN3O2/c1-4-26(24-8-6-5-7-9-24)30(36)34-18-14-23(15-19-34)20-22-12-16-33(17-13-22)25-10-11-27(28(31)21-25)29(35)32(2)3/h5-11,21-23,26H,4,12-20H2,1-3H3. The Morgan fingerprint density at radius 3 is 2.11 bits per heavy atom. The van der Waals surface area contributed by atoms with Crippen LogP contribution in [-0.2, 0) is 4.79 Å². The molecule has 6 heteroatoms. The maximum atomic E-state index is 13.2. The number of piperidine rings is 2. The van der Waals surface area contributed by atoms with Crippen LogP contribution in [0.2, 0.25) is 5.02 Å². The Bertz CT molecular complexity index is 1030. The zero-order valence-electron chi connectivity index (χ0n) is 22.0. The molecule has 5 nitrogen and oxygen atoms in total. The first-order valence-electron chi connectivity index (χ1n) is 13.5. The van der Waals surface area contributed by atoms with Gasteiger partial charge in [0.1, 0.15) is 0 Å². The summed E-state index contributed by atoms with van der Waals surface area (Å²) in [5.41, 5.74) is 2.79. The highest BCUT2D eigenvalue weighted by atomic mass is 35.5. The maximum Gasteiger partial charge on any atom is 0.254 e. The van der Waals surface area contributed by atoms with E-state index >= 15 is 0 Å². The third-order valence-electron chi connectivity index (χ3n) is 8.07. The first kappa shape index (κ1) is 26.5. The van der Waals surface area contributed by atoms with E-state index in [0.29, 0.717) is 22.4 Å². The number of hydrogen-bond acceptors (Lipinski definition) is 3. The summed E-state index contributed by atoms with van der Waals surface area (Å²) < 4.78 is 0. The van der Waals surface area contributed by atoms with E-state index in [1.807, 2.05) is 36.4 Å². The van der Waals surface area contributed by atoms with Crippen molar-refractivity contribution in [3.63, 3.8) is 0 Å². The molecule has 2 heterocycles. The summed E-state index contributed by atoms with van der Waals surface area (Å²) in [6.45, 7) is 5.94. The SMILES string of the molecule is CCC(C(=O)N1CCC(CC2CCN(c3ccc(C(=O)N(C)C)c(Cl)c3)CC2)CC1)c1ccccc1. The number of carbonyl (C=O) groups is 2. The van der Waals surface area contributed by atoms with Crippen molar-refractivity contribution in [2.75, 3.05) is 45.2 Å². The molecule has 2 aliphatic heterocycles. The molecule has 0 radical (unpaired) electrons. The predicted molar refractivity (Wildman–Crippen MR) is 148 cm³/mol. The summed E-state index contributed by atoms with van der Waals surface area (Å²) in [6, 6.07) is 16.0. The Morgan fingerprint density at radius 1 is 0.944 bits per heavy atom. The molecule has 0 aromatic heterocycles. The van der Waals surface area contributed by atoms with Crippen LogP contribution < -0.4 is 4.90 Å². The number of amides is 2. The molecule has 0 bridgehead atoms. The lowest BCUT2D eigenvalue weighted by Gasteiger charge is -2.38. The van der Waals surface area contributed by atoms with Gasteiger partial charge in [-0.25, -0.2) is 0 Å². The van der Waals surface area contributed by atoms with Gasteiger partial charge in [-0.2, -0.15) is 0 Å². The lowest BCUT2D eigenvalue weighted by molar-refractivity contribution is -0.134. The van der Waals surface area contributed by atoms with Crippen LogP contribution in [0.15, 0.2) is 48.5 Å². The molecule has 0 aliphatic carbocycles. The van der Waals surface area contributed by atoms with Crippen molar-refractivity contribution >= 4 is 29.1 Å². The number of benzene rings is 2. The molecule has 1 unspecified atom stereocenters. The second-order valence-corrected chi connectivity index (χ2v) is 11.1. The monoisotopic (exact) mass is 509 g/mol. The highest BCUT2D eigenvalue weighted by molar-refractivity contribution is 6.34. The van der Waals surface area contributed by atoms with Gasteiger partial charge >= 0.3 is 0 Å². The average Bonchev–Trinajstić information content (AvgIpc) is 2.90. The number of carbonyl (C=O) groups excluding carboxylic acids is 2. The van der Waals surface area contributed by atoms with Gasteiger partial charge in [-0.05, 0) is 74.1 Å². The second kappa shape index (κ2) is 12.1. The molecular weight excluding hydrogens is 470 g/mol. The fourth-order valence-electron chi connectivity index (χ4n) is 5.86. The molecule has 36 heavy (non-hydrogen) atoms. The number of hydrogen-bond donors (Lipinski definition) is 0. The summed E-state index contributed by atoms with van der Waals surface area (Å²) in [5.74, 6) is 1.67. The largest absolute Gasteiger partial charge is 0.371 e. The number of rotatable bonds is 7. The molecular formula is C30H40ClN3O2. The lowest BCUT2D eigenvalue weighted by Crippen LogP contribution is -2.42. The van der Waals surface area contributed by atoms with Gasteiger partial charge in [0, 0.05) is 46.0 Å². The average molecular weight is 510 g/mol. The molecule has 2 aliphatic rings. The Hall–Kier alpha value is -2.53. The van der Waals surface area contributed by atoms with E-state index in [2.05, 4.69) is 28.9 Å². The zero-order valence-corrected chi connectivity index (χ0v) is 22.7. The minimum atomic E-state index is -0.0664. The van der Waals surface area contributed by atoms with Gasteiger partial charge in [-0.15, -0.1) is 0 Å². The highest BCUT2D eigenvalue weighted by Crippen LogP contribution is 2.34. The van der Waals surface area contributed by atoms with Crippen LogP contribution in [-0.4, -0.2) is 61.9 Å². The van der Waals surface area contributed by atoms with E-state index in [1.165, 1.54) is 19.3 Å². The summed E-state index contributed by atoms with van der Waals surface area (Å²) in [5, 5.41) is 0.521. The molecule has 0 N–H and O–H groups in total. The smallest absolute Gasteiger partial charge is 0.254 e. The van der Waals surface area contributed by atoms with Crippen LogP contribution in [0.3, 0.4) is 0 Å². The Balaban J connectivity index is 1.24. The minimum Gasteiger partial charge on any atom is -0.371 e. The molecule has 2 saturated heterocycles. The van der Waals surface area contributed by atoms with Crippen LogP contribution >= 0.6 is 11.6 Å². The normalized spacial score (nSPS) is 18.2. The number of anilines is 1. The molecule has 2 fully saturated rings. The van der Waals surface area contributed by atoms with Crippen LogP contribution in [0.1, 0.15) is 67.3 Å². The van der Waals surface area contributed by atoms with Crippen LogP contribution in [0, 0.1) is 11.8 Å². The van der Waals surface area contributed by atoms with Crippen molar-refractivity contribution in [2.24, 2.45) is 11.8 Å². The summed E-state index contributed by atoms with van der Waals surface area (Å²) in [6.07, 6.45) is 6.72. The predicted octanol–water partition coefficient (Wildman–Crippen LogP) is 6.08. The Morgan fingerprint density at radius 2 is 1.56 bits per heavy atom. The first-order chi connectivity index (χ1) is 17.4. The van der Waals surface area contributed by atoms with Crippen LogP contribution in [0.4, 0.5) is 5.69 Å². The van der Waals surface area contributed by atoms with Crippen molar-refractivity contribution in [1.29, 1.82) is 0 Å². The van der Waals surface area contributed by atoms with Crippen molar-refractivity contribution in [2.45, 2.75) is 51.4 Å². The molecule has 1 atom stereocenters. The van der Waals surface area contributed by atoms with E-state index < -0.39 is 0 Å². The van der Waals surface area contributed by atoms with E-state index in [-0.39, 0.29) is 11.8 Å². The van der Waals surface area contributed by atoms with E-state index in [0.717, 1.165) is 62.6 Å². The molecule has 194 valence electrons. The van der Waals surface area contributed by atoms with E-state index in [9.17, 15) is 9.59 Å². The molecule has 0 saturated carbocycles. The van der Waals surface area contributed by atoms with Gasteiger partial charge in [0.15, 0.2) is 0 Å². The number of nitrogens with zero attached hydrogens (tertiary/aromatic N) is 3. The number of likely N-dealkylation sites (tertiary alicyclic amines) is 1. The fraction of sp³-hybridized carbons (Fsp3) is 0.533. The zero-order chi connectivity index (χ0) is 25.7. The first-order valence-corrected chi connectivity index (χ1v) is 13.8. The third kappa shape index (κ3) is 6.23. The summed E-state index contributed by atoms with van der Waals surface area (Å²) >= 11 is 6.44. The molecule has 2 aromatic carbocycles. The van der Waals surface area contributed by atoms with Gasteiger partial charge in [-0.1, -0.05) is 48.9 Å². The quantitative estimate of drug-likeness (QED) is 0.454. The van der Waals surface area contributed by atoms with Crippen molar-refractivity contribution in [3.8, 4) is 0 Å². The highest BCUT2D eigenvalue weighted by Gasteiger charge is 2.30. The van der Waals surface area contributed by atoms with Gasteiger partial charge in [0.05, 0.1) is 16.5 Å². The van der Waals surface area contributed by atoms with Crippen molar-refractivity contribution < 1.29 is 9.59 Å². The van der Waals surface area contributed by atoms with Crippen LogP contribution in [0.25, 0.3) is 0 Å². The molecule has 0 spiro atoms.